The van der Waals surface area contributed by atoms with E-state index in [9.17, 15) is 0 Å². The minimum atomic E-state index is 0.667. The second kappa shape index (κ2) is 7.06. The summed E-state index contributed by atoms with van der Waals surface area (Å²) in [5, 5.41) is 17.6. The third kappa shape index (κ3) is 3.14. The number of hydrogen-bond acceptors (Lipinski definition) is 4. The van der Waals surface area contributed by atoms with Gasteiger partial charge in [-0.25, -0.2) is 9.36 Å². The molecule has 0 radical (unpaired) electrons. The Hall–Kier alpha value is -3.54. The average Bonchev–Trinajstić information content (AvgIpc) is 3.28. The highest BCUT2D eigenvalue weighted by molar-refractivity contribution is 5.77. The minimum absolute atomic E-state index is 0.667. The topological polar surface area (TPSA) is 61.4 Å². The zero-order valence-electron chi connectivity index (χ0n) is 17.7. The normalized spacial score (nSPS) is 11.6. The quantitative estimate of drug-likeness (QED) is 0.449. The van der Waals surface area contributed by atoms with Crippen LogP contribution < -0.4 is 0 Å². The summed E-state index contributed by atoms with van der Waals surface area (Å²) < 4.78 is 3.96. The van der Waals surface area contributed by atoms with Gasteiger partial charge < -0.3 is 0 Å². The van der Waals surface area contributed by atoms with Gasteiger partial charge in [0.1, 0.15) is 11.0 Å². The van der Waals surface area contributed by atoms with Crippen LogP contribution in [-0.4, -0.2) is 30.0 Å². The molecule has 2 heterocycles. The summed E-state index contributed by atoms with van der Waals surface area (Å²) in [4.78, 5) is 0. The van der Waals surface area contributed by atoms with E-state index >= 15 is 0 Å². The van der Waals surface area contributed by atoms with Crippen LogP contribution in [0.3, 0.4) is 0 Å². The van der Waals surface area contributed by atoms with E-state index in [1.165, 1.54) is 33.4 Å². The lowest BCUT2D eigenvalue weighted by Crippen LogP contribution is -2.09. The smallest absolute Gasteiger partial charge is 0.113 e. The Labute approximate surface area is 175 Å². The van der Waals surface area contributed by atoms with Crippen molar-refractivity contribution >= 4 is 22.1 Å². The zero-order valence-corrected chi connectivity index (χ0v) is 17.7. The zero-order chi connectivity index (χ0) is 20.8. The van der Waals surface area contributed by atoms with Crippen LogP contribution in [0.25, 0.3) is 22.1 Å². The van der Waals surface area contributed by atoms with E-state index < -0.39 is 0 Å². The first-order chi connectivity index (χ1) is 14.5. The summed E-state index contributed by atoms with van der Waals surface area (Å²) in [5.74, 6) is 0. The molecule has 150 valence electrons. The van der Waals surface area contributed by atoms with E-state index in [0.29, 0.717) is 13.1 Å². The minimum Gasteiger partial charge on any atom is -0.240 e. The van der Waals surface area contributed by atoms with Gasteiger partial charge in [-0.2, -0.15) is 0 Å². The molecule has 0 bridgehead atoms. The second-order valence-corrected chi connectivity index (χ2v) is 8.11. The van der Waals surface area contributed by atoms with Crippen molar-refractivity contribution < 1.29 is 0 Å². The summed E-state index contributed by atoms with van der Waals surface area (Å²) in [6, 6.07) is 17.0. The third-order valence-corrected chi connectivity index (χ3v) is 6.02. The second-order valence-electron chi connectivity index (χ2n) is 8.11. The van der Waals surface area contributed by atoms with Crippen molar-refractivity contribution in [3.63, 3.8) is 0 Å². The fraction of sp³-hybridized carbons (Fsp3) is 0.250. The lowest BCUT2D eigenvalue weighted by Gasteiger charge is -2.11. The number of benzene rings is 3. The Morgan fingerprint density at radius 3 is 1.43 bits per heavy atom. The Kier molecular flexibility index (Phi) is 4.35. The molecule has 0 saturated heterocycles. The Bertz CT molecular complexity index is 1290. The van der Waals surface area contributed by atoms with Gasteiger partial charge in [-0.1, -0.05) is 34.7 Å². The van der Waals surface area contributed by atoms with Crippen molar-refractivity contribution in [3.8, 4) is 0 Å². The summed E-state index contributed by atoms with van der Waals surface area (Å²) in [5.41, 5.74) is 11.4. The molecular formula is C24H24N6. The summed E-state index contributed by atoms with van der Waals surface area (Å²) in [6.07, 6.45) is 0. The van der Waals surface area contributed by atoms with Crippen molar-refractivity contribution in [2.24, 2.45) is 0 Å². The van der Waals surface area contributed by atoms with Gasteiger partial charge in [0.25, 0.3) is 0 Å². The van der Waals surface area contributed by atoms with Gasteiger partial charge >= 0.3 is 0 Å². The van der Waals surface area contributed by atoms with Crippen molar-refractivity contribution in [3.05, 3.63) is 81.9 Å². The molecule has 30 heavy (non-hydrogen) atoms. The molecule has 3 aromatic carbocycles. The first-order valence-electron chi connectivity index (χ1n) is 10.2. The van der Waals surface area contributed by atoms with Gasteiger partial charge in [-0.15, -0.1) is 10.2 Å². The van der Waals surface area contributed by atoms with Crippen LogP contribution in [0.15, 0.2) is 48.5 Å². The monoisotopic (exact) mass is 396 g/mol. The van der Waals surface area contributed by atoms with Gasteiger partial charge in [0, 0.05) is 0 Å². The van der Waals surface area contributed by atoms with Crippen LogP contribution in [0.1, 0.15) is 33.4 Å². The van der Waals surface area contributed by atoms with Crippen molar-refractivity contribution in [1.82, 2.24) is 30.0 Å². The molecule has 6 heteroatoms. The van der Waals surface area contributed by atoms with Crippen LogP contribution in [0.2, 0.25) is 0 Å². The van der Waals surface area contributed by atoms with Crippen molar-refractivity contribution in [2.75, 3.05) is 0 Å². The van der Waals surface area contributed by atoms with Crippen molar-refractivity contribution in [1.29, 1.82) is 0 Å². The molecule has 0 amide bonds. The van der Waals surface area contributed by atoms with Gasteiger partial charge in [0.2, 0.25) is 0 Å². The van der Waals surface area contributed by atoms with Crippen LogP contribution >= 0.6 is 0 Å². The van der Waals surface area contributed by atoms with E-state index in [4.69, 9.17) is 0 Å². The molecule has 0 atom stereocenters. The molecule has 0 N–H and O–H groups in total. The van der Waals surface area contributed by atoms with Gasteiger partial charge in [-0.05, 0) is 85.3 Å². The Morgan fingerprint density at radius 2 is 1.00 bits per heavy atom. The number of hydrogen-bond donors (Lipinski definition) is 0. The molecule has 0 saturated carbocycles. The van der Waals surface area contributed by atoms with Crippen LogP contribution in [-0.2, 0) is 13.1 Å². The van der Waals surface area contributed by atoms with E-state index in [1.54, 1.807) is 0 Å². The Balaban J connectivity index is 1.51. The highest BCUT2D eigenvalue weighted by atomic mass is 15.4. The molecule has 0 aliphatic heterocycles. The van der Waals surface area contributed by atoms with Gasteiger partial charge in [-0.3, -0.25) is 0 Å². The number of aromatic nitrogens is 6. The molecule has 0 aliphatic rings. The standard InChI is InChI=1S/C24H24N6/c1-15-9-21-23(11-17(15)3)29(27-25-21)13-19-7-5-6-8-20(19)14-30-24-12-18(4)16(2)10-22(24)26-28-30/h5-12H,13-14H2,1-4H3. The maximum atomic E-state index is 4.41. The SMILES string of the molecule is Cc1cc2nnn(Cc3ccccc3Cn3nnc4cc(C)c(C)cc43)c2cc1C. The fourth-order valence-electron chi connectivity index (χ4n) is 3.87. The summed E-state index contributed by atoms with van der Waals surface area (Å²) in [7, 11) is 0. The molecule has 0 spiro atoms. The molecule has 0 unspecified atom stereocenters. The van der Waals surface area contributed by atoms with E-state index in [-0.39, 0.29) is 0 Å². The number of aryl methyl sites for hydroxylation is 4. The first kappa shape index (κ1) is 18.5. The van der Waals surface area contributed by atoms with E-state index in [0.717, 1.165) is 22.1 Å². The molecule has 5 aromatic rings. The molecule has 5 rings (SSSR count). The molecular weight excluding hydrogens is 372 g/mol. The number of fused-ring (bicyclic) bond motifs is 2. The molecule has 6 nitrogen and oxygen atoms in total. The van der Waals surface area contributed by atoms with E-state index in [1.807, 2.05) is 9.36 Å². The average molecular weight is 396 g/mol. The van der Waals surface area contributed by atoms with Crippen LogP contribution in [0.4, 0.5) is 0 Å². The number of nitrogens with zero attached hydrogens (tertiary/aromatic N) is 6. The summed E-state index contributed by atoms with van der Waals surface area (Å²) >= 11 is 0. The highest BCUT2D eigenvalue weighted by Gasteiger charge is 2.12. The lowest BCUT2D eigenvalue weighted by molar-refractivity contribution is 0.640. The third-order valence-electron chi connectivity index (χ3n) is 6.02. The fourth-order valence-corrected chi connectivity index (χ4v) is 3.87. The van der Waals surface area contributed by atoms with Crippen LogP contribution in [0, 0.1) is 27.7 Å². The highest BCUT2D eigenvalue weighted by Crippen LogP contribution is 2.21. The Morgan fingerprint density at radius 1 is 0.600 bits per heavy atom. The molecule has 0 aliphatic carbocycles. The first-order valence-corrected chi connectivity index (χ1v) is 10.2. The predicted octanol–water partition coefficient (Wildman–Crippen LogP) is 4.51. The molecule has 0 fully saturated rings. The van der Waals surface area contributed by atoms with E-state index in [2.05, 4.69) is 96.9 Å². The number of rotatable bonds is 4. The molecule has 2 aromatic heterocycles. The van der Waals surface area contributed by atoms with Gasteiger partial charge in [0.15, 0.2) is 0 Å². The van der Waals surface area contributed by atoms with Crippen LogP contribution in [0.5, 0.6) is 0 Å². The maximum Gasteiger partial charge on any atom is 0.113 e. The predicted molar refractivity (Wildman–Crippen MR) is 119 cm³/mol. The summed E-state index contributed by atoms with van der Waals surface area (Å²) in [6.45, 7) is 9.79. The maximum absolute atomic E-state index is 4.41. The van der Waals surface area contributed by atoms with Gasteiger partial charge in [0.05, 0.1) is 24.1 Å². The lowest BCUT2D eigenvalue weighted by atomic mass is 10.1. The largest absolute Gasteiger partial charge is 0.240 e. The van der Waals surface area contributed by atoms with Crippen molar-refractivity contribution in [2.45, 2.75) is 40.8 Å².